The van der Waals surface area contributed by atoms with Crippen LogP contribution in [0, 0.1) is 0 Å². The zero-order valence-corrected chi connectivity index (χ0v) is 19.3. The summed E-state index contributed by atoms with van der Waals surface area (Å²) in [7, 11) is 0. The maximum atomic E-state index is 13.4. The topological polar surface area (TPSA) is 71.1 Å². The Hall–Kier alpha value is -2.29. The molecule has 3 heterocycles. The highest BCUT2D eigenvalue weighted by molar-refractivity contribution is 9.10. The summed E-state index contributed by atoms with van der Waals surface area (Å²) in [6.07, 6.45) is 2.21. The molecule has 2 aliphatic rings. The first-order chi connectivity index (χ1) is 14.5. The van der Waals surface area contributed by atoms with Gasteiger partial charge in [-0.2, -0.15) is 0 Å². The number of thiophene rings is 1. The Kier molecular flexibility index (Phi) is 5.08. The number of hydrogen-bond donors (Lipinski definition) is 2. The number of fused-ring (bicyclic) bond motifs is 1. The number of carbonyl (C=O) groups excluding carboxylic acids is 2. The van der Waals surface area contributed by atoms with Crippen molar-refractivity contribution in [3.05, 3.63) is 67.6 Å². The summed E-state index contributed by atoms with van der Waals surface area (Å²) < 4.78 is 1.97. The summed E-state index contributed by atoms with van der Waals surface area (Å²) in [6, 6.07) is 9.81. The monoisotopic (exact) mass is 499 g/mol. The summed E-state index contributed by atoms with van der Waals surface area (Å²) in [6.45, 7) is 1.91. The highest BCUT2D eigenvalue weighted by Crippen LogP contribution is 2.44. The molecule has 0 radical (unpaired) electrons. The molecule has 0 bridgehead atoms. The van der Waals surface area contributed by atoms with E-state index in [-0.39, 0.29) is 17.6 Å². The first-order valence-corrected chi connectivity index (χ1v) is 12.1. The Morgan fingerprint density at radius 3 is 2.97 bits per heavy atom. The van der Waals surface area contributed by atoms with Gasteiger partial charge in [0.15, 0.2) is 10.9 Å². The number of rotatable bonds is 3. The van der Waals surface area contributed by atoms with Gasteiger partial charge in [0.1, 0.15) is 0 Å². The number of dihydropyridines is 1. The first kappa shape index (κ1) is 19.7. The molecule has 1 aromatic carbocycles. The van der Waals surface area contributed by atoms with Crippen LogP contribution in [0.15, 0.2) is 62.7 Å². The molecule has 0 fully saturated rings. The summed E-state index contributed by atoms with van der Waals surface area (Å²) in [4.78, 5) is 31.8. The minimum absolute atomic E-state index is 0.129. The third-order valence-corrected chi connectivity index (χ3v) is 7.78. The molecule has 30 heavy (non-hydrogen) atoms. The van der Waals surface area contributed by atoms with Gasteiger partial charge in [-0.1, -0.05) is 33.3 Å². The van der Waals surface area contributed by atoms with Crippen LogP contribution in [0.1, 0.15) is 37.0 Å². The van der Waals surface area contributed by atoms with E-state index in [1.165, 1.54) is 11.3 Å². The predicted molar refractivity (Wildman–Crippen MR) is 125 cm³/mol. The number of amides is 1. The minimum atomic E-state index is -0.336. The molecule has 5 rings (SSSR count). The first-order valence-electron chi connectivity index (χ1n) is 9.66. The highest BCUT2D eigenvalue weighted by atomic mass is 79.9. The van der Waals surface area contributed by atoms with Crippen molar-refractivity contribution >= 4 is 65.6 Å². The van der Waals surface area contributed by atoms with Gasteiger partial charge in [-0.25, -0.2) is 4.98 Å². The summed E-state index contributed by atoms with van der Waals surface area (Å²) >= 11 is 6.48. The molecule has 5 nitrogen and oxygen atoms in total. The van der Waals surface area contributed by atoms with E-state index in [1.807, 2.05) is 42.6 Å². The molecule has 0 spiro atoms. The zero-order chi connectivity index (χ0) is 20.8. The van der Waals surface area contributed by atoms with Crippen LogP contribution >= 0.6 is 38.6 Å². The van der Waals surface area contributed by atoms with Crippen LogP contribution in [0.25, 0.3) is 10.2 Å². The van der Waals surface area contributed by atoms with E-state index in [9.17, 15) is 9.59 Å². The van der Waals surface area contributed by atoms with E-state index in [2.05, 4.69) is 31.5 Å². The minimum Gasteiger partial charge on any atom is -0.362 e. The Morgan fingerprint density at radius 2 is 2.17 bits per heavy atom. The third-order valence-electron chi connectivity index (χ3n) is 5.42. The molecule has 1 atom stereocenters. The molecule has 152 valence electrons. The maximum Gasteiger partial charge on any atom is 0.256 e. The van der Waals surface area contributed by atoms with Gasteiger partial charge in [0.2, 0.25) is 0 Å². The number of hydrogen-bond acceptors (Lipinski definition) is 6. The van der Waals surface area contributed by atoms with Gasteiger partial charge in [-0.05, 0) is 49.4 Å². The van der Waals surface area contributed by atoms with Gasteiger partial charge < -0.3 is 5.32 Å². The van der Waals surface area contributed by atoms with Crippen LogP contribution in [0.5, 0.6) is 0 Å². The number of Topliss-reactive ketones (excluding diaryl/α,β-unsaturated/α-hetero) is 1. The Morgan fingerprint density at radius 1 is 1.30 bits per heavy atom. The summed E-state index contributed by atoms with van der Waals surface area (Å²) in [5.41, 5.74) is 3.93. The lowest BCUT2D eigenvalue weighted by Gasteiger charge is -2.33. The van der Waals surface area contributed by atoms with Crippen molar-refractivity contribution in [2.24, 2.45) is 0 Å². The maximum absolute atomic E-state index is 13.4. The zero-order valence-electron chi connectivity index (χ0n) is 16.1. The fourth-order valence-electron chi connectivity index (χ4n) is 4.14. The van der Waals surface area contributed by atoms with Crippen LogP contribution in [0.3, 0.4) is 0 Å². The van der Waals surface area contributed by atoms with Crippen molar-refractivity contribution in [3.63, 3.8) is 0 Å². The Bertz CT molecular complexity index is 1240. The van der Waals surface area contributed by atoms with Crippen molar-refractivity contribution in [2.75, 3.05) is 5.32 Å². The van der Waals surface area contributed by atoms with E-state index in [4.69, 9.17) is 0 Å². The van der Waals surface area contributed by atoms with E-state index in [0.29, 0.717) is 17.1 Å². The fourth-order valence-corrected chi connectivity index (χ4v) is 6.40. The van der Waals surface area contributed by atoms with Gasteiger partial charge in [0.25, 0.3) is 5.91 Å². The van der Waals surface area contributed by atoms with Crippen LogP contribution in [-0.4, -0.2) is 16.7 Å². The number of benzene rings is 1. The van der Waals surface area contributed by atoms with Crippen LogP contribution in [0.4, 0.5) is 5.13 Å². The number of anilines is 1. The third kappa shape index (κ3) is 3.42. The van der Waals surface area contributed by atoms with Crippen LogP contribution in [-0.2, 0) is 9.59 Å². The molecule has 1 amide bonds. The van der Waals surface area contributed by atoms with Crippen LogP contribution < -0.4 is 10.6 Å². The van der Waals surface area contributed by atoms with Crippen molar-refractivity contribution in [1.82, 2.24) is 10.3 Å². The predicted octanol–water partition coefficient (Wildman–Crippen LogP) is 5.73. The largest absolute Gasteiger partial charge is 0.362 e. The number of allylic oxidation sites excluding steroid dienone is 3. The molecule has 1 aliphatic carbocycles. The van der Waals surface area contributed by atoms with Gasteiger partial charge in [-0.3, -0.25) is 14.9 Å². The highest BCUT2D eigenvalue weighted by Gasteiger charge is 2.39. The number of carbonyl (C=O) groups is 2. The number of aromatic nitrogens is 1. The molecule has 1 aliphatic heterocycles. The molecule has 0 saturated carbocycles. The Labute approximate surface area is 190 Å². The van der Waals surface area contributed by atoms with Gasteiger partial charge in [0.05, 0.1) is 16.1 Å². The number of thiazole rings is 1. The average Bonchev–Trinajstić information content (AvgIpc) is 3.36. The summed E-state index contributed by atoms with van der Waals surface area (Å²) in [5, 5.41) is 8.87. The lowest BCUT2D eigenvalue weighted by molar-refractivity contribution is -0.116. The van der Waals surface area contributed by atoms with Gasteiger partial charge in [-0.15, -0.1) is 11.3 Å². The molecular formula is C22H18BrN3O2S2. The number of nitrogens with one attached hydrogen (secondary N) is 2. The molecule has 2 aromatic heterocycles. The van der Waals surface area contributed by atoms with E-state index in [0.717, 1.165) is 49.4 Å². The second-order valence-corrected chi connectivity index (χ2v) is 10.3. The second kappa shape index (κ2) is 7.76. The molecular weight excluding hydrogens is 482 g/mol. The SMILES string of the molecule is CC1=C(C(=O)Nc2nc3ccc(Br)cc3s2)C(c2cccs2)C2=C(CCCC2=O)N1. The van der Waals surface area contributed by atoms with E-state index in [1.54, 1.807) is 11.3 Å². The van der Waals surface area contributed by atoms with Gasteiger partial charge >= 0.3 is 0 Å². The molecule has 8 heteroatoms. The van der Waals surface area contributed by atoms with E-state index < -0.39 is 0 Å². The van der Waals surface area contributed by atoms with Crippen molar-refractivity contribution < 1.29 is 9.59 Å². The quantitative estimate of drug-likeness (QED) is 0.482. The second-order valence-electron chi connectivity index (χ2n) is 7.37. The molecule has 3 aromatic rings. The average molecular weight is 500 g/mol. The Balaban J connectivity index is 1.53. The standard InChI is InChI=1S/C22H18BrN3O2S2/c1-11-18(21(28)26-22-25-13-8-7-12(23)10-17(13)30-22)20(16-6-3-9-29-16)19-14(24-11)4-2-5-15(19)27/h3,6-10,20,24H,2,4-5H2,1H3,(H,25,26,28). The fraction of sp³-hybridized carbons (Fsp3) is 0.227. The van der Waals surface area contributed by atoms with Crippen LogP contribution in [0.2, 0.25) is 0 Å². The normalized spacial score (nSPS) is 19.1. The van der Waals surface area contributed by atoms with Crippen molar-refractivity contribution in [2.45, 2.75) is 32.1 Å². The number of ketones is 1. The van der Waals surface area contributed by atoms with E-state index >= 15 is 0 Å². The summed E-state index contributed by atoms with van der Waals surface area (Å²) in [5.74, 6) is -0.427. The number of nitrogens with zero attached hydrogens (tertiary/aromatic N) is 1. The van der Waals surface area contributed by atoms with Crippen molar-refractivity contribution in [1.29, 1.82) is 0 Å². The molecule has 0 saturated heterocycles. The smallest absolute Gasteiger partial charge is 0.256 e. The molecule has 2 N–H and O–H groups in total. The van der Waals surface area contributed by atoms with Gasteiger partial charge in [0, 0.05) is 38.3 Å². The molecule has 1 unspecified atom stereocenters. The lowest BCUT2D eigenvalue weighted by Crippen LogP contribution is -2.35. The lowest BCUT2D eigenvalue weighted by atomic mass is 9.77. The number of halogens is 1. The van der Waals surface area contributed by atoms with Crippen molar-refractivity contribution in [3.8, 4) is 0 Å².